The molecule has 2 aliphatic heterocycles. The van der Waals surface area contributed by atoms with Crippen molar-refractivity contribution in [2.75, 3.05) is 13.1 Å². The van der Waals surface area contributed by atoms with Crippen LogP contribution >= 0.6 is 0 Å². The number of carbonyl (C=O) groups excluding carboxylic acids is 1. The Kier molecular flexibility index (Phi) is 4.56. The number of nitrogens with one attached hydrogen (secondary N) is 2. The number of hydrogen-bond donors (Lipinski definition) is 3. The Morgan fingerprint density at radius 3 is 2.96 bits per heavy atom. The summed E-state index contributed by atoms with van der Waals surface area (Å²) in [7, 11) is 0. The van der Waals surface area contributed by atoms with Crippen molar-refractivity contribution in [3.63, 3.8) is 0 Å². The van der Waals surface area contributed by atoms with Crippen LogP contribution in [0.25, 0.3) is 0 Å². The molecule has 4 rings (SSSR count). The fourth-order valence-electron chi connectivity index (χ4n) is 4.92. The smallest absolute Gasteiger partial charge is 0.237 e. The van der Waals surface area contributed by atoms with E-state index in [4.69, 9.17) is 5.73 Å². The summed E-state index contributed by atoms with van der Waals surface area (Å²) in [5.41, 5.74) is 14.6. The highest BCUT2D eigenvalue weighted by Gasteiger charge is 2.43. The molecular weight excluding hydrogens is 316 g/mol. The lowest BCUT2D eigenvalue weighted by atomic mass is 9.68. The van der Waals surface area contributed by atoms with Crippen molar-refractivity contribution in [3.8, 4) is 0 Å². The van der Waals surface area contributed by atoms with Crippen LogP contribution in [0.4, 0.5) is 0 Å². The number of hydrazine groups is 1. The molecule has 3 heterocycles. The molecule has 0 bridgehead atoms. The zero-order chi connectivity index (χ0) is 17.6. The average Bonchev–Trinajstić information content (AvgIpc) is 3.05. The highest BCUT2D eigenvalue weighted by molar-refractivity contribution is 5.79. The minimum Gasteiger partial charge on any atom is -0.329 e. The predicted octanol–water partition coefficient (Wildman–Crippen LogP) is 0.569. The summed E-state index contributed by atoms with van der Waals surface area (Å²) in [6, 6.07) is 0.726. The predicted molar refractivity (Wildman–Crippen MR) is 95.5 cm³/mol. The molecule has 138 valence electrons. The molecule has 0 spiro atoms. The fraction of sp³-hybridized carbons (Fsp3) is 0.778. The van der Waals surface area contributed by atoms with Gasteiger partial charge in [0.15, 0.2) is 0 Å². The van der Waals surface area contributed by atoms with Gasteiger partial charge in [0, 0.05) is 37.6 Å². The maximum absolute atomic E-state index is 12.2. The first-order chi connectivity index (χ1) is 12.1. The van der Waals surface area contributed by atoms with Crippen molar-refractivity contribution in [1.82, 2.24) is 25.5 Å². The lowest BCUT2D eigenvalue weighted by Crippen LogP contribution is -2.62. The maximum Gasteiger partial charge on any atom is 0.237 e. The minimum atomic E-state index is 0.101. The van der Waals surface area contributed by atoms with Crippen molar-refractivity contribution in [2.24, 2.45) is 17.6 Å². The largest absolute Gasteiger partial charge is 0.329 e. The molecule has 1 saturated heterocycles. The van der Waals surface area contributed by atoms with E-state index < -0.39 is 0 Å². The highest BCUT2D eigenvalue weighted by Crippen LogP contribution is 2.43. The summed E-state index contributed by atoms with van der Waals surface area (Å²) in [4.78, 5) is 14.7. The molecule has 1 saturated carbocycles. The van der Waals surface area contributed by atoms with Crippen LogP contribution in [0.2, 0.25) is 0 Å². The van der Waals surface area contributed by atoms with Gasteiger partial charge in [-0.1, -0.05) is 0 Å². The van der Waals surface area contributed by atoms with Gasteiger partial charge in [0.1, 0.15) is 0 Å². The number of hydrogen-bond acceptors (Lipinski definition) is 5. The van der Waals surface area contributed by atoms with Crippen molar-refractivity contribution >= 4 is 5.91 Å². The summed E-state index contributed by atoms with van der Waals surface area (Å²) in [6.45, 7) is 8.10. The number of carbonyl (C=O) groups is 1. The number of fused-ring (bicyclic) bond motifs is 2. The quantitative estimate of drug-likeness (QED) is 0.745. The molecule has 4 unspecified atom stereocenters. The van der Waals surface area contributed by atoms with Crippen LogP contribution in [0, 0.1) is 11.8 Å². The molecule has 0 aromatic carbocycles. The zero-order valence-electron chi connectivity index (χ0n) is 15.2. The summed E-state index contributed by atoms with van der Waals surface area (Å²) in [5.74, 6) is 1.04. The van der Waals surface area contributed by atoms with Crippen LogP contribution in [0.15, 0.2) is 6.20 Å². The van der Waals surface area contributed by atoms with Crippen molar-refractivity contribution in [3.05, 3.63) is 17.5 Å². The van der Waals surface area contributed by atoms with Gasteiger partial charge in [-0.05, 0) is 50.5 Å². The third-order valence-electron chi connectivity index (χ3n) is 6.49. The van der Waals surface area contributed by atoms with Gasteiger partial charge in [0.05, 0.1) is 18.4 Å². The monoisotopic (exact) mass is 346 g/mol. The molecule has 1 amide bonds. The first kappa shape index (κ1) is 17.0. The molecule has 25 heavy (non-hydrogen) atoms. The molecule has 4 N–H and O–H groups in total. The molecule has 7 nitrogen and oxygen atoms in total. The highest BCUT2D eigenvalue weighted by atomic mass is 16.2. The third-order valence-corrected chi connectivity index (χ3v) is 6.49. The van der Waals surface area contributed by atoms with Gasteiger partial charge >= 0.3 is 0 Å². The van der Waals surface area contributed by atoms with E-state index in [1.807, 2.05) is 0 Å². The Labute approximate surface area is 149 Å². The maximum atomic E-state index is 12.2. The molecule has 1 aromatic heterocycles. The molecule has 1 aliphatic carbocycles. The SMILES string of the molecule is CC(C)N1CCn2ncc(C3CCC4C(=O)NNC(CN)C4C3)c2C1. The molecule has 1 aromatic rings. The summed E-state index contributed by atoms with van der Waals surface area (Å²) >= 11 is 0. The Bertz CT molecular complexity index is 642. The van der Waals surface area contributed by atoms with E-state index in [1.54, 1.807) is 0 Å². The van der Waals surface area contributed by atoms with E-state index in [9.17, 15) is 4.79 Å². The van der Waals surface area contributed by atoms with E-state index in [-0.39, 0.29) is 17.9 Å². The molecule has 4 atom stereocenters. The molecule has 7 heteroatoms. The first-order valence-electron chi connectivity index (χ1n) is 9.62. The van der Waals surface area contributed by atoms with E-state index in [0.29, 0.717) is 24.4 Å². The van der Waals surface area contributed by atoms with Gasteiger partial charge < -0.3 is 5.73 Å². The average molecular weight is 346 g/mol. The zero-order valence-corrected chi connectivity index (χ0v) is 15.2. The normalized spacial score (nSPS) is 33.0. The standard InChI is InChI=1S/C18H30N6O/c1-11(2)23-5-6-24-17(10-23)15(9-20-24)12-3-4-13-14(7-12)16(8-19)21-22-18(13)25/h9,11-14,16,21H,3-8,10,19H2,1-2H3,(H,22,25). The Balaban J connectivity index is 1.56. The second kappa shape index (κ2) is 6.70. The number of amides is 1. The van der Waals surface area contributed by atoms with E-state index in [1.165, 1.54) is 11.3 Å². The first-order valence-corrected chi connectivity index (χ1v) is 9.62. The topological polar surface area (TPSA) is 88.2 Å². The molecule has 3 aliphatic rings. The van der Waals surface area contributed by atoms with Gasteiger partial charge in [-0.15, -0.1) is 0 Å². The van der Waals surface area contributed by atoms with Crippen LogP contribution < -0.4 is 16.6 Å². The second-order valence-corrected chi connectivity index (χ2v) is 8.09. The summed E-state index contributed by atoms with van der Waals surface area (Å²) in [6.07, 6.45) is 5.11. The number of nitrogens with two attached hydrogens (primary N) is 1. The van der Waals surface area contributed by atoms with Crippen molar-refractivity contribution in [1.29, 1.82) is 0 Å². The van der Waals surface area contributed by atoms with Crippen LogP contribution in [-0.4, -0.2) is 45.8 Å². The van der Waals surface area contributed by atoms with Gasteiger partial charge in [0.2, 0.25) is 5.91 Å². The molecule has 2 fully saturated rings. The van der Waals surface area contributed by atoms with Crippen LogP contribution in [0.5, 0.6) is 0 Å². The van der Waals surface area contributed by atoms with Gasteiger partial charge in [-0.2, -0.15) is 5.10 Å². The Morgan fingerprint density at radius 1 is 1.36 bits per heavy atom. The van der Waals surface area contributed by atoms with E-state index in [2.05, 4.69) is 45.6 Å². The van der Waals surface area contributed by atoms with Gasteiger partial charge in [-0.3, -0.25) is 19.8 Å². The van der Waals surface area contributed by atoms with Crippen molar-refractivity contribution < 1.29 is 4.79 Å². The van der Waals surface area contributed by atoms with Gasteiger partial charge in [0.25, 0.3) is 0 Å². The van der Waals surface area contributed by atoms with Crippen molar-refractivity contribution in [2.45, 2.75) is 64.2 Å². The molecular formula is C18H30N6O. The third kappa shape index (κ3) is 2.98. The van der Waals surface area contributed by atoms with Crippen LogP contribution in [0.3, 0.4) is 0 Å². The van der Waals surface area contributed by atoms with Crippen LogP contribution in [-0.2, 0) is 17.9 Å². The van der Waals surface area contributed by atoms with E-state index >= 15 is 0 Å². The Hall–Kier alpha value is -1.44. The number of nitrogens with zero attached hydrogens (tertiary/aromatic N) is 3. The number of rotatable bonds is 3. The second-order valence-electron chi connectivity index (χ2n) is 8.09. The summed E-state index contributed by atoms with van der Waals surface area (Å²) < 4.78 is 2.19. The minimum absolute atomic E-state index is 0.101. The number of aromatic nitrogens is 2. The lowest BCUT2D eigenvalue weighted by Gasteiger charge is -2.43. The Morgan fingerprint density at radius 2 is 2.20 bits per heavy atom. The van der Waals surface area contributed by atoms with Gasteiger partial charge in [-0.25, -0.2) is 5.43 Å². The fourth-order valence-corrected chi connectivity index (χ4v) is 4.92. The lowest BCUT2D eigenvalue weighted by molar-refractivity contribution is -0.133. The van der Waals surface area contributed by atoms with Crippen LogP contribution in [0.1, 0.15) is 50.3 Å². The molecule has 0 radical (unpaired) electrons. The van der Waals surface area contributed by atoms with E-state index in [0.717, 1.165) is 38.9 Å². The summed E-state index contributed by atoms with van der Waals surface area (Å²) in [5, 5.41) is 4.65.